The zero-order valence-electron chi connectivity index (χ0n) is 59.7. The first-order valence-corrected chi connectivity index (χ1v) is 38.2. The molecule has 10 aliphatic rings. The second kappa shape index (κ2) is 35.8. The summed E-state index contributed by atoms with van der Waals surface area (Å²) in [5.74, 6) is 1.78. The number of benzene rings is 3. The number of imidazole rings is 1. The molecule has 0 aliphatic carbocycles. The minimum atomic E-state index is -3.90. The average molecular weight is 1510 g/mol. The summed E-state index contributed by atoms with van der Waals surface area (Å²) in [5, 5.41) is 34.4. The van der Waals surface area contributed by atoms with Gasteiger partial charge in [0, 0.05) is 111 Å². The van der Waals surface area contributed by atoms with Crippen molar-refractivity contribution in [1.29, 1.82) is 0 Å². The molecule has 0 amide bonds. The van der Waals surface area contributed by atoms with Gasteiger partial charge < -0.3 is 30.2 Å². The fourth-order valence-corrected chi connectivity index (χ4v) is 18.3. The number of rotatable bonds is 9. The molecular formula is C74H103BrClFN23O2S+. The first-order valence-electron chi connectivity index (χ1n) is 36.0. The Labute approximate surface area is 621 Å². The molecule has 0 spiro atoms. The maximum atomic E-state index is 13.0. The molecule has 10 aliphatic heterocycles. The molecular weight excluding hydrogens is 1410 g/mol. The number of aryl methyl sites for hydroxylation is 1. The Kier molecular flexibility index (Phi) is 27.3. The summed E-state index contributed by atoms with van der Waals surface area (Å²) in [6, 6.07) is 35.0. The number of fused-ring (bicyclic) bond motifs is 10. The van der Waals surface area contributed by atoms with Crippen LogP contribution in [0.2, 0.25) is 0 Å². The summed E-state index contributed by atoms with van der Waals surface area (Å²) in [5.41, 5.74) is 20.7. The third-order valence-corrected chi connectivity index (χ3v) is 24.9. The molecule has 5 unspecified atom stereocenters. The van der Waals surface area contributed by atoms with Gasteiger partial charge >= 0.3 is 29.5 Å². The number of piperidine rings is 5. The van der Waals surface area contributed by atoms with Crippen molar-refractivity contribution in [2.24, 2.45) is 10.3 Å². The normalized spacial score (nSPS) is 28.7. The van der Waals surface area contributed by atoms with E-state index < -0.39 is 10.2 Å². The predicted molar refractivity (Wildman–Crippen MR) is 404 cm³/mol. The van der Waals surface area contributed by atoms with Gasteiger partial charge in [-0.05, 0) is 213 Å². The average Bonchev–Trinajstić information content (AvgIpc) is 1.65. The zero-order valence-corrected chi connectivity index (χ0v) is 62.9. The van der Waals surface area contributed by atoms with Crippen molar-refractivity contribution in [3.63, 3.8) is 0 Å². The second-order valence-corrected chi connectivity index (χ2v) is 31.6. The van der Waals surface area contributed by atoms with Crippen LogP contribution >= 0.6 is 28.3 Å². The standard InChI is InChI=1S/C16H19BrN4.C16H19FN4.C16H20N4.C11H18N4.C8H16N2.C3H3N5O2S.C3H3.CH4.ClH/c2*1-20-13-6-7-14(20)9-15(8-13)21-10-16(18-19-21)11-2-4-12(17)5-3-11;1-19-13-7-8-14(19)10-15(9-13)20-11-16(17-18-20)12-5-3-2-4-6-12;1-8-7-15(13-12-8)11-5-9-3-4-10(6-11)14(9)2;1-10-7-2-3-8(10)5-6(9)4-7;4-6-7-11(9,10)8-2-1-5-3-8;1-3-2;;/h2*2-5,10,13-15H,6-9H2,1H3;2-6,11,13-15H,7-10H2,1H3;7,9-11H,3-6H2,1-2H3;6-8H,2-5,9H2,1H3;1-3H;1H3;1H4;1H/q;;;;;;+1;;/t3*13-,14+,15?;9-,10+,11?;6?,7-,8+;;;;. The molecule has 10 fully saturated rings. The molecule has 2 N–H and O–H groups in total. The van der Waals surface area contributed by atoms with E-state index in [1.807, 2.05) is 54.1 Å². The van der Waals surface area contributed by atoms with E-state index in [1.165, 1.54) is 140 Å². The molecule has 10 bridgehead atoms. The number of nitrogens with two attached hydrogens (primary N) is 1. The van der Waals surface area contributed by atoms with E-state index in [0.29, 0.717) is 46.3 Å². The Morgan fingerprint density at radius 2 is 0.825 bits per heavy atom. The fraction of sp³-hybridized carbons (Fsp3) is 0.581. The van der Waals surface area contributed by atoms with Crippen molar-refractivity contribution >= 4 is 38.5 Å². The number of nitrogens with zero attached hydrogens (tertiary/aromatic N) is 22. The minimum absolute atomic E-state index is 0. The summed E-state index contributed by atoms with van der Waals surface area (Å²) in [7, 11) is 7.39. The van der Waals surface area contributed by atoms with Crippen LogP contribution in [0.25, 0.3) is 44.2 Å². The Bertz CT molecular complexity index is 3960. The van der Waals surface area contributed by atoms with E-state index >= 15 is 0 Å². The minimum Gasteiger partial charge on any atom is -0.244 e. The van der Waals surface area contributed by atoms with Crippen LogP contribution in [-0.2, 0) is 10.2 Å². The van der Waals surface area contributed by atoms with Crippen molar-refractivity contribution < 1.29 is 12.8 Å². The summed E-state index contributed by atoms with van der Waals surface area (Å²) < 4.78 is 47.2. The van der Waals surface area contributed by atoms with Crippen LogP contribution in [0, 0.1) is 25.1 Å². The van der Waals surface area contributed by atoms with Crippen molar-refractivity contribution in [3.05, 3.63) is 155 Å². The number of hydrogen-bond donors (Lipinski definition) is 1. The molecule has 10 saturated heterocycles. The molecule has 5 aromatic heterocycles. The molecule has 15 atom stereocenters. The maximum Gasteiger partial charge on any atom is 0.329 e. The zero-order chi connectivity index (χ0) is 70.9. The Morgan fingerprint density at radius 3 is 1.14 bits per heavy atom. The molecule has 103 heavy (non-hydrogen) atoms. The van der Waals surface area contributed by atoms with Gasteiger partial charge in [-0.1, -0.05) is 86.7 Å². The Balaban J connectivity index is 0.000000134. The van der Waals surface area contributed by atoms with E-state index in [1.54, 1.807) is 19.1 Å². The van der Waals surface area contributed by atoms with Crippen LogP contribution < -0.4 is 5.73 Å². The summed E-state index contributed by atoms with van der Waals surface area (Å²) in [6.45, 7) is 3.55. The van der Waals surface area contributed by atoms with E-state index in [4.69, 9.17) is 17.7 Å². The van der Waals surface area contributed by atoms with Crippen molar-refractivity contribution in [3.8, 4) is 39.7 Å². The molecule has 18 rings (SSSR count). The summed E-state index contributed by atoms with van der Waals surface area (Å²) in [6.07, 6.45) is 43.3. The first-order chi connectivity index (χ1) is 48.8. The van der Waals surface area contributed by atoms with Crippen LogP contribution in [0.4, 0.5) is 4.39 Å². The second-order valence-electron chi connectivity index (χ2n) is 29.2. The molecule has 552 valence electrons. The Hall–Kier alpha value is -7.07. The molecule has 3 aromatic carbocycles. The molecule has 8 aromatic rings. The molecule has 29 heteroatoms. The number of azide groups is 1. The van der Waals surface area contributed by atoms with Crippen LogP contribution in [-0.4, -0.2) is 204 Å². The molecule has 0 radical (unpaired) electrons. The van der Waals surface area contributed by atoms with Gasteiger partial charge in [0.05, 0.1) is 53.0 Å². The number of hydrogen-bond acceptors (Lipinski definition) is 17. The van der Waals surface area contributed by atoms with Gasteiger partial charge in [0.15, 0.2) is 0 Å². The molecule has 15 heterocycles. The van der Waals surface area contributed by atoms with Crippen LogP contribution in [0.3, 0.4) is 0 Å². The quantitative estimate of drug-likeness (QED) is 0.0462. The van der Waals surface area contributed by atoms with Crippen molar-refractivity contribution in [1.82, 2.24) is 93.4 Å². The van der Waals surface area contributed by atoms with Gasteiger partial charge in [-0.3, -0.25) is 0 Å². The maximum absolute atomic E-state index is 13.0. The first kappa shape index (κ1) is 78.5. The molecule has 25 nitrogen and oxygen atoms in total. The van der Waals surface area contributed by atoms with E-state index in [2.05, 4.69) is 188 Å². The predicted octanol–water partition coefficient (Wildman–Crippen LogP) is 13.0. The number of aromatic nitrogens is 14. The van der Waals surface area contributed by atoms with Crippen molar-refractivity contribution in [2.45, 2.75) is 240 Å². The SMILES string of the molecule is C.CN1[C@@H]2CC[C@H]1CC(N)C2.CN1[C@@H]2CC[C@H]1CC(n1cc(-c3ccc(Br)cc3)nn1)C2.CN1[C@@H]2CC[C@H]1CC(n1cc(-c3ccc(F)cc3)nn1)C2.CN1[C@@H]2CC[C@H]1CC(n1cc(-c3ccccc3)nn1)C2.Cc1cn(C2C[C@H]3CC[C@@H](C2)N3C)nn1.Cl.[C+]#CC.[N-]=[N+]=NS(=O)(=O)n1ccnc1. The van der Waals surface area contributed by atoms with Crippen molar-refractivity contribution in [2.75, 3.05) is 35.2 Å². The van der Waals surface area contributed by atoms with Gasteiger partial charge in [0.25, 0.3) is 0 Å². The smallest absolute Gasteiger partial charge is 0.244 e. The fourth-order valence-electron chi connectivity index (χ4n) is 17.5. The van der Waals surface area contributed by atoms with E-state index in [-0.39, 0.29) is 25.7 Å². The van der Waals surface area contributed by atoms with Gasteiger partial charge in [0.2, 0.25) is 0 Å². The Morgan fingerprint density at radius 1 is 0.515 bits per heavy atom. The van der Waals surface area contributed by atoms with E-state index in [9.17, 15) is 12.8 Å². The van der Waals surface area contributed by atoms with Crippen LogP contribution in [0.15, 0.2) is 131 Å². The van der Waals surface area contributed by atoms with Gasteiger partial charge in [-0.25, -0.2) is 32.1 Å². The largest absolute Gasteiger partial charge is 0.329 e. The molecule has 0 saturated carbocycles. The summed E-state index contributed by atoms with van der Waals surface area (Å²) >= 11 is 3.47. The van der Waals surface area contributed by atoms with Gasteiger partial charge in [-0.15, -0.1) is 32.8 Å². The third kappa shape index (κ3) is 19.1. The van der Waals surface area contributed by atoms with E-state index in [0.717, 1.165) is 111 Å². The van der Waals surface area contributed by atoms with Gasteiger partial charge in [-0.2, -0.15) is 8.42 Å². The monoisotopic (exact) mass is 1510 g/mol. The number of halogens is 3. The summed E-state index contributed by atoms with van der Waals surface area (Å²) in [4.78, 5) is 18.3. The van der Waals surface area contributed by atoms with Gasteiger partial charge in [0.1, 0.15) is 29.2 Å². The van der Waals surface area contributed by atoms with Crippen LogP contribution in [0.1, 0.15) is 173 Å². The third-order valence-electron chi connectivity index (χ3n) is 23.3. The topological polar surface area (TPSA) is 266 Å². The van der Waals surface area contributed by atoms with Crippen LogP contribution in [0.5, 0.6) is 0 Å².